The van der Waals surface area contributed by atoms with Gasteiger partial charge in [-0.1, -0.05) is 27.7 Å². The molecule has 13 heavy (non-hydrogen) atoms. The van der Waals surface area contributed by atoms with Gasteiger partial charge in [0.1, 0.15) is 0 Å². The number of carboxylic acid groups (broad SMARTS) is 1. The van der Waals surface area contributed by atoms with Crippen molar-refractivity contribution in [2.75, 3.05) is 6.61 Å². The molecule has 0 fully saturated rings. The number of aliphatic hydroxyl groups is 1. The third-order valence-corrected chi connectivity index (χ3v) is 1.73. The van der Waals surface area contributed by atoms with Gasteiger partial charge in [0.15, 0.2) is 0 Å². The molecule has 0 saturated heterocycles. The highest BCUT2D eigenvalue weighted by Crippen LogP contribution is 2.19. The van der Waals surface area contributed by atoms with E-state index in [9.17, 15) is 9.90 Å². The van der Waals surface area contributed by atoms with Crippen molar-refractivity contribution in [3.8, 4) is 0 Å². The highest BCUT2D eigenvalue weighted by atomic mass is 16.6. The van der Waals surface area contributed by atoms with E-state index in [2.05, 4.69) is 0 Å². The molecule has 0 aliphatic carbocycles. The Morgan fingerprint density at radius 3 is 2.08 bits per heavy atom. The molecule has 0 aromatic rings. The number of aliphatic carboxylic acids is 1. The second kappa shape index (κ2) is 4.58. The summed E-state index contributed by atoms with van der Waals surface area (Å²) in [6.45, 7) is 7.23. The zero-order valence-corrected chi connectivity index (χ0v) is 8.57. The molecule has 1 unspecified atom stereocenters. The van der Waals surface area contributed by atoms with Crippen LogP contribution in [0.3, 0.4) is 0 Å². The first-order chi connectivity index (χ1) is 5.80. The number of carbonyl (C=O) groups is 1. The van der Waals surface area contributed by atoms with Gasteiger partial charge in [-0.05, 0) is 5.92 Å². The molecular formula is C9H18O4. The summed E-state index contributed by atoms with van der Waals surface area (Å²) in [4.78, 5) is 10.7. The SMILES string of the molecule is CC(C)COC(O)(C(=O)O)C(C)C. The predicted molar refractivity (Wildman–Crippen MR) is 48.2 cm³/mol. The standard InChI is InChI=1S/C9H18O4/c1-6(2)5-13-9(12,7(3)4)8(10)11/h6-7,12H,5H2,1-4H3,(H,10,11). The zero-order valence-electron chi connectivity index (χ0n) is 8.57. The molecule has 0 aromatic carbocycles. The van der Waals surface area contributed by atoms with E-state index in [1.165, 1.54) is 0 Å². The average molecular weight is 190 g/mol. The molecule has 4 heteroatoms. The van der Waals surface area contributed by atoms with Crippen LogP contribution in [-0.2, 0) is 9.53 Å². The number of carboxylic acids is 1. The lowest BCUT2D eigenvalue weighted by Crippen LogP contribution is -2.47. The summed E-state index contributed by atoms with van der Waals surface area (Å²) in [7, 11) is 0. The molecule has 0 spiro atoms. The lowest BCUT2D eigenvalue weighted by molar-refractivity contribution is -0.243. The van der Waals surface area contributed by atoms with E-state index in [0.29, 0.717) is 0 Å². The Kier molecular flexibility index (Phi) is 4.36. The van der Waals surface area contributed by atoms with Crippen LogP contribution in [0.25, 0.3) is 0 Å². The normalized spacial score (nSPS) is 16.2. The third-order valence-electron chi connectivity index (χ3n) is 1.73. The molecule has 0 amide bonds. The monoisotopic (exact) mass is 190 g/mol. The van der Waals surface area contributed by atoms with Crippen LogP contribution in [-0.4, -0.2) is 28.6 Å². The van der Waals surface area contributed by atoms with Crippen LogP contribution in [0.1, 0.15) is 27.7 Å². The van der Waals surface area contributed by atoms with E-state index in [1.54, 1.807) is 13.8 Å². The quantitative estimate of drug-likeness (QED) is 0.637. The second-order valence-electron chi connectivity index (χ2n) is 3.86. The molecule has 0 bridgehead atoms. The van der Waals surface area contributed by atoms with Crippen LogP contribution >= 0.6 is 0 Å². The molecule has 1 atom stereocenters. The third kappa shape index (κ3) is 3.32. The van der Waals surface area contributed by atoms with Gasteiger partial charge >= 0.3 is 5.97 Å². The van der Waals surface area contributed by atoms with Crippen LogP contribution in [0, 0.1) is 11.8 Å². The zero-order chi connectivity index (χ0) is 10.6. The number of rotatable bonds is 5. The first-order valence-corrected chi connectivity index (χ1v) is 4.40. The van der Waals surface area contributed by atoms with Crippen LogP contribution < -0.4 is 0 Å². The fraction of sp³-hybridized carbons (Fsp3) is 0.889. The molecule has 0 aliphatic rings. The molecular weight excluding hydrogens is 172 g/mol. The van der Waals surface area contributed by atoms with Crippen LogP contribution in [0.4, 0.5) is 0 Å². The average Bonchev–Trinajstić information content (AvgIpc) is 1.99. The molecule has 0 aliphatic heterocycles. The molecule has 4 nitrogen and oxygen atoms in total. The Morgan fingerprint density at radius 2 is 1.85 bits per heavy atom. The second-order valence-corrected chi connectivity index (χ2v) is 3.86. The smallest absolute Gasteiger partial charge is 0.364 e. The van der Waals surface area contributed by atoms with Gasteiger partial charge in [0.2, 0.25) is 0 Å². The van der Waals surface area contributed by atoms with Gasteiger partial charge < -0.3 is 14.9 Å². The molecule has 0 heterocycles. The highest BCUT2D eigenvalue weighted by Gasteiger charge is 2.40. The van der Waals surface area contributed by atoms with Gasteiger partial charge in [-0.15, -0.1) is 0 Å². The minimum atomic E-state index is -2.05. The minimum absolute atomic E-state index is 0.199. The maximum absolute atomic E-state index is 10.7. The molecule has 78 valence electrons. The molecule has 0 aromatic heterocycles. The summed E-state index contributed by atoms with van der Waals surface area (Å²) in [6.07, 6.45) is 0. The Bertz CT molecular complexity index is 176. The van der Waals surface area contributed by atoms with E-state index in [-0.39, 0.29) is 12.5 Å². The van der Waals surface area contributed by atoms with Crippen molar-refractivity contribution in [2.45, 2.75) is 33.5 Å². The predicted octanol–water partition coefficient (Wildman–Crippen LogP) is 1.09. The van der Waals surface area contributed by atoms with Crippen LogP contribution in [0.15, 0.2) is 0 Å². The van der Waals surface area contributed by atoms with Gasteiger partial charge in [-0.2, -0.15) is 0 Å². The van der Waals surface area contributed by atoms with Crippen LogP contribution in [0.5, 0.6) is 0 Å². The summed E-state index contributed by atoms with van der Waals surface area (Å²) >= 11 is 0. The largest absolute Gasteiger partial charge is 0.477 e. The van der Waals surface area contributed by atoms with E-state index in [1.807, 2.05) is 13.8 Å². The van der Waals surface area contributed by atoms with Crippen molar-refractivity contribution in [3.63, 3.8) is 0 Å². The summed E-state index contributed by atoms with van der Waals surface area (Å²) in [5.41, 5.74) is 0. The van der Waals surface area contributed by atoms with E-state index >= 15 is 0 Å². The lowest BCUT2D eigenvalue weighted by atomic mass is 10.0. The highest BCUT2D eigenvalue weighted by molar-refractivity contribution is 5.75. The van der Waals surface area contributed by atoms with Gasteiger partial charge in [-0.3, -0.25) is 0 Å². The van der Waals surface area contributed by atoms with Crippen molar-refractivity contribution in [1.29, 1.82) is 0 Å². The number of hydrogen-bond donors (Lipinski definition) is 2. The van der Waals surface area contributed by atoms with Crippen molar-refractivity contribution in [3.05, 3.63) is 0 Å². The first-order valence-electron chi connectivity index (χ1n) is 4.40. The first kappa shape index (κ1) is 12.4. The van der Waals surface area contributed by atoms with Gasteiger partial charge in [0.05, 0.1) is 6.61 Å². The van der Waals surface area contributed by atoms with E-state index in [0.717, 1.165) is 0 Å². The fourth-order valence-electron chi connectivity index (χ4n) is 0.769. The maximum atomic E-state index is 10.7. The summed E-state index contributed by atoms with van der Waals surface area (Å²) < 4.78 is 4.97. The Hall–Kier alpha value is -0.610. The van der Waals surface area contributed by atoms with Gasteiger partial charge in [-0.25, -0.2) is 4.79 Å². The minimum Gasteiger partial charge on any atom is -0.477 e. The lowest BCUT2D eigenvalue weighted by Gasteiger charge is -2.28. The van der Waals surface area contributed by atoms with Crippen molar-refractivity contribution >= 4 is 5.97 Å². The van der Waals surface area contributed by atoms with Crippen molar-refractivity contribution in [2.24, 2.45) is 11.8 Å². The Balaban J connectivity index is 4.34. The topological polar surface area (TPSA) is 66.8 Å². The van der Waals surface area contributed by atoms with E-state index in [4.69, 9.17) is 9.84 Å². The van der Waals surface area contributed by atoms with Gasteiger partial charge in [0.25, 0.3) is 5.79 Å². The molecule has 0 radical (unpaired) electrons. The summed E-state index contributed by atoms with van der Waals surface area (Å²) in [6, 6.07) is 0. The molecule has 0 rings (SSSR count). The number of hydrogen-bond acceptors (Lipinski definition) is 3. The molecule has 2 N–H and O–H groups in total. The Labute approximate surface area is 78.5 Å². The van der Waals surface area contributed by atoms with Gasteiger partial charge in [0, 0.05) is 5.92 Å². The van der Waals surface area contributed by atoms with E-state index < -0.39 is 17.7 Å². The fourth-order valence-corrected chi connectivity index (χ4v) is 0.769. The number of ether oxygens (including phenoxy) is 1. The summed E-state index contributed by atoms with van der Waals surface area (Å²) in [5, 5.41) is 18.3. The summed E-state index contributed by atoms with van der Waals surface area (Å²) in [5.74, 6) is -3.65. The Morgan fingerprint density at radius 1 is 1.38 bits per heavy atom. The van der Waals surface area contributed by atoms with Crippen molar-refractivity contribution in [1.82, 2.24) is 0 Å². The van der Waals surface area contributed by atoms with Crippen LogP contribution in [0.2, 0.25) is 0 Å². The maximum Gasteiger partial charge on any atom is 0.364 e. The van der Waals surface area contributed by atoms with Crippen molar-refractivity contribution < 1.29 is 19.7 Å². The molecule has 0 saturated carbocycles.